The van der Waals surface area contributed by atoms with E-state index >= 15 is 0 Å². The second-order valence-corrected chi connectivity index (χ2v) is 6.21. The Morgan fingerprint density at radius 3 is 2.68 bits per heavy atom. The first-order valence-electron chi connectivity index (χ1n) is 9.04. The molecule has 0 radical (unpaired) electrons. The van der Waals surface area contributed by atoms with E-state index in [0.717, 1.165) is 16.9 Å². The number of hydrogen-bond acceptors (Lipinski definition) is 5. The van der Waals surface area contributed by atoms with Crippen molar-refractivity contribution < 1.29 is 9.53 Å². The van der Waals surface area contributed by atoms with Crippen molar-refractivity contribution in [2.75, 3.05) is 7.11 Å². The van der Waals surface area contributed by atoms with E-state index < -0.39 is 0 Å². The number of para-hydroxylation sites is 1. The summed E-state index contributed by atoms with van der Waals surface area (Å²) in [5.74, 6) is 0.663. The van der Waals surface area contributed by atoms with Crippen molar-refractivity contribution in [2.45, 2.75) is 25.9 Å². The van der Waals surface area contributed by atoms with Crippen molar-refractivity contribution in [2.24, 2.45) is 0 Å². The maximum absolute atomic E-state index is 12.1. The van der Waals surface area contributed by atoms with Gasteiger partial charge in [0.15, 0.2) is 0 Å². The highest BCUT2D eigenvalue weighted by Crippen LogP contribution is 2.16. The van der Waals surface area contributed by atoms with Gasteiger partial charge in [-0.25, -0.2) is 4.68 Å². The fraction of sp³-hybridized carbons (Fsp3) is 0.238. The molecular formula is C21H22N4O3. The van der Waals surface area contributed by atoms with E-state index in [1.165, 1.54) is 10.7 Å². The topological polar surface area (TPSA) is 86.1 Å². The Hall–Kier alpha value is -3.48. The zero-order valence-corrected chi connectivity index (χ0v) is 15.7. The van der Waals surface area contributed by atoms with Crippen LogP contribution in [0.3, 0.4) is 0 Å². The van der Waals surface area contributed by atoms with Crippen LogP contribution in [0.5, 0.6) is 5.75 Å². The molecule has 7 nitrogen and oxygen atoms in total. The Labute approximate surface area is 163 Å². The van der Waals surface area contributed by atoms with E-state index in [1.54, 1.807) is 25.6 Å². The molecule has 144 valence electrons. The molecule has 3 rings (SSSR count). The highest BCUT2D eigenvalue weighted by atomic mass is 16.5. The van der Waals surface area contributed by atoms with Crippen LogP contribution in [0.4, 0.5) is 0 Å². The number of nitrogens with zero attached hydrogens (tertiary/aromatic N) is 3. The van der Waals surface area contributed by atoms with Gasteiger partial charge in [0.05, 0.1) is 12.8 Å². The molecule has 2 heterocycles. The van der Waals surface area contributed by atoms with Gasteiger partial charge in [0.2, 0.25) is 5.91 Å². The average Bonchev–Trinajstić information content (AvgIpc) is 2.74. The molecule has 3 aromatic rings. The van der Waals surface area contributed by atoms with E-state index in [0.29, 0.717) is 31.6 Å². The third kappa shape index (κ3) is 5.03. The zero-order chi connectivity index (χ0) is 19.8. The van der Waals surface area contributed by atoms with Gasteiger partial charge in [-0.1, -0.05) is 18.2 Å². The predicted molar refractivity (Wildman–Crippen MR) is 106 cm³/mol. The first kappa shape index (κ1) is 19.3. The fourth-order valence-corrected chi connectivity index (χ4v) is 2.81. The lowest BCUT2D eigenvalue weighted by atomic mass is 10.2. The minimum atomic E-state index is -0.188. The predicted octanol–water partition coefficient (Wildman–Crippen LogP) is 2.41. The third-order valence-corrected chi connectivity index (χ3v) is 4.28. The van der Waals surface area contributed by atoms with Crippen molar-refractivity contribution in [3.05, 3.63) is 76.8 Å². The molecule has 1 aromatic carbocycles. The van der Waals surface area contributed by atoms with E-state index in [1.807, 2.05) is 36.4 Å². The number of aromatic nitrogens is 3. The number of benzene rings is 1. The van der Waals surface area contributed by atoms with Gasteiger partial charge in [0.25, 0.3) is 5.56 Å². The van der Waals surface area contributed by atoms with Gasteiger partial charge in [-0.2, -0.15) is 5.10 Å². The zero-order valence-electron chi connectivity index (χ0n) is 15.7. The lowest BCUT2D eigenvalue weighted by molar-refractivity contribution is -0.121. The number of carbonyl (C=O) groups excluding carboxylic acids is 1. The summed E-state index contributed by atoms with van der Waals surface area (Å²) in [7, 11) is 1.60. The highest BCUT2D eigenvalue weighted by molar-refractivity contribution is 5.75. The monoisotopic (exact) mass is 378 g/mol. The SMILES string of the molecule is COc1ccccc1CNC(=O)CCCn1nc(-c2ccncc2)ccc1=O. The smallest absolute Gasteiger partial charge is 0.266 e. The van der Waals surface area contributed by atoms with Gasteiger partial charge in [-0.3, -0.25) is 14.6 Å². The van der Waals surface area contributed by atoms with Gasteiger partial charge in [-0.05, 0) is 30.7 Å². The molecule has 0 aliphatic heterocycles. The molecule has 28 heavy (non-hydrogen) atoms. The third-order valence-electron chi connectivity index (χ3n) is 4.28. The highest BCUT2D eigenvalue weighted by Gasteiger charge is 2.07. The van der Waals surface area contributed by atoms with Crippen LogP contribution in [0.2, 0.25) is 0 Å². The Bertz CT molecular complexity index is 986. The summed E-state index contributed by atoms with van der Waals surface area (Å²) < 4.78 is 6.67. The Morgan fingerprint density at radius 2 is 1.89 bits per heavy atom. The van der Waals surface area contributed by atoms with Gasteiger partial charge in [0.1, 0.15) is 5.75 Å². The standard InChI is InChI=1S/C21H22N4O3/c1-28-19-6-3-2-5-17(19)15-23-20(26)7-4-14-25-21(27)9-8-18(24-25)16-10-12-22-13-11-16/h2-3,5-6,8-13H,4,7,14-15H2,1H3,(H,23,26). The maximum atomic E-state index is 12.1. The molecule has 7 heteroatoms. The number of rotatable bonds is 8. The largest absolute Gasteiger partial charge is 0.496 e. The van der Waals surface area contributed by atoms with Crippen molar-refractivity contribution in [1.82, 2.24) is 20.1 Å². The Morgan fingerprint density at radius 1 is 1.11 bits per heavy atom. The number of hydrogen-bond donors (Lipinski definition) is 1. The van der Waals surface area contributed by atoms with Crippen LogP contribution in [-0.4, -0.2) is 27.8 Å². The first-order valence-corrected chi connectivity index (χ1v) is 9.04. The minimum absolute atomic E-state index is 0.0794. The number of amides is 1. The molecule has 0 aliphatic carbocycles. The lowest BCUT2D eigenvalue weighted by Gasteiger charge is -2.10. The molecular weight excluding hydrogens is 356 g/mol. The van der Waals surface area contributed by atoms with Crippen molar-refractivity contribution in [3.8, 4) is 17.0 Å². The number of pyridine rings is 1. The van der Waals surface area contributed by atoms with Crippen molar-refractivity contribution in [3.63, 3.8) is 0 Å². The second-order valence-electron chi connectivity index (χ2n) is 6.21. The maximum Gasteiger partial charge on any atom is 0.266 e. The molecule has 0 bridgehead atoms. The molecule has 1 amide bonds. The number of methoxy groups -OCH3 is 1. The summed E-state index contributed by atoms with van der Waals surface area (Å²) in [6.07, 6.45) is 4.18. The van der Waals surface area contributed by atoms with E-state index in [9.17, 15) is 9.59 Å². The molecule has 0 unspecified atom stereocenters. The number of nitrogens with one attached hydrogen (secondary N) is 1. The number of ether oxygens (including phenoxy) is 1. The van der Waals surface area contributed by atoms with Gasteiger partial charge in [-0.15, -0.1) is 0 Å². The summed E-state index contributed by atoms with van der Waals surface area (Å²) in [4.78, 5) is 28.1. The first-order chi connectivity index (χ1) is 13.7. The van der Waals surface area contributed by atoms with Crippen molar-refractivity contribution >= 4 is 5.91 Å². The molecule has 0 atom stereocenters. The van der Waals surface area contributed by atoms with Gasteiger partial charge < -0.3 is 10.1 Å². The van der Waals surface area contributed by atoms with Crippen LogP contribution >= 0.6 is 0 Å². The van der Waals surface area contributed by atoms with E-state index in [4.69, 9.17) is 4.74 Å². The molecule has 0 saturated heterocycles. The number of aryl methyl sites for hydroxylation is 1. The second kappa shape index (κ2) is 9.45. The summed E-state index contributed by atoms with van der Waals surface area (Å²) in [5.41, 5.74) is 2.31. The van der Waals surface area contributed by atoms with E-state index in [-0.39, 0.29) is 11.5 Å². The summed E-state index contributed by atoms with van der Waals surface area (Å²) >= 11 is 0. The van der Waals surface area contributed by atoms with Crippen LogP contribution in [0.1, 0.15) is 18.4 Å². The molecule has 0 saturated carbocycles. The van der Waals surface area contributed by atoms with Crippen LogP contribution in [0.25, 0.3) is 11.3 Å². The van der Waals surface area contributed by atoms with E-state index in [2.05, 4.69) is 15.4 Å². The van der Waals surface area contributed by atoms with Crippen LogP contribution in [0, 0.1) is 0 Å². The van der Waals surface area contributed by atoms with Gasteiger partial charge >= 0.3 is 0 Å². The molecule has 0 fully saturated rings. The minimum Gasteiger partial charge on any atom is -0.496 e. The Kier molecular flexibility index (Phi) is 6.51. The Balaban J connectivity index is 1.53. The summed E-state index contributed by atoms with van der Waals surface area (Å²) in [6, 6.07) is 14.4. The van der Waals surface area contributed by atoms with Crippen molar-refractivity contribution in [1.29, 1.82) is 0 Å². The average molecular weight is 378 g/mol. The van der Waals surface area contributed by atoms with Crippen LogP contribution in [-0.2, 0) is 17.9 Å². The molecule has 2 aromatic heterocycles. The number of carbonyl (C=O) groups is 1. The summed E-state index contributed by atoms with van der Waals surface area (Å²) in [5, 5.41) is 7.26. The normalized spacial score (nSPS) is 10.5. The van der Waals surface area contributed by atoms with Crippen LogP contribution in [0.15, 0.2) is 65.7 Å². The fourth-order valence-electron chi connectivity index (χ4n) is 2.81. The van der Waals surface area contributed by atoms with Gasteiger partial charge in [0, 0.05) is 49.1 Å². The van der Waals surface area contributed by atoms with Crippen LogP contribution < -0.4 is 15.6 Å². The summed E-state index contributed by atoms with van der Waals surface area (Å²) in [6.45, 7) is 0.776. The molecule has 1 N–H and O–H groups in total. The molecule has 0 spiro atoms. The quantitative estimate of drug-likeness (QED) is 0.651. The lowest BCUT2D eigenvalue weighted by Crippen LogP contribution is -2.25. The molecule has 0 aliphatic rings.